The number of benzene rings is 3. The van der Waals surface area contributed by atoms with Crippen molar-refractivity contribution in [3.63, 3.8) is 0 Å². The smallest absolute Gasteiger partial charge is 0.367 e. The number of methoxy groups -OCH3 is 2. The number of carbonyl (C=O) groups is 6. The van der Waals surface area contributed by atoms with Crippen LogP contribution in [-0.2, 0) is 101 Å². The first-order valence-corrected chi connectivity index (χ1v) is 21.8. The zero-order valence-corrected chi connectivity index (χ0v) is 39.2. The summed E-state index contributed by atoms with van der Waals surface area (Å²) in [6.45, 7) is 2.83. The Labute approximate surface area is 398 Å². The molecule has 2 aliphatic rings. The first kappa shape index (κ1) is 53.8. The molecule has 0 bridgehead atoms. The van der Waals surface area contributed by atoms with Crippen LogP contribution in [0.1, 0.15) is 57.7 Å². The van der Waals surface area contributed by atoms with Gasteiger partial charge in [-0.1, -0.05) is 54.6 Å². The first-order chi connectivity index (χ1) is 32.9. The SMILES string of the molecule is COc1ccc(COC(=O)[C@]2(OCc3ccccc3)C[C@@H](OCc3ccc(OC)cc3)[C@@H](O[C@H]3O[C@H]([C@H](COC(C)=O)OC(C)=O)[C@@H](OC(C)=O)[C@H](OC(C)=O)[C@@H]3OC(C)=O)[C@@H]([C@H](O)CO)O2)cc1. The Bertz CT molecular complexity index is 2170. The third kappa shape index (κ3) is 15.1. The summed E-state index contributed by atoms with van der Waals surface area (Å²) in [6, 6.07) is 22.2. The molecule has 2 saturated heterocycles. The minimum atomic E-state index is -2.40. The van der Waals surface area contributed by atoms with Crippen molar-refractivity contribution < 1.29 is 101 Å². The van der Waals surface area contributed by atoms with Crippen molar-refractivity contribution in [3.8, 4) is 11.5 Å². The van der Waals surface area contributed by atoms with Crippen molar-refractivity contribution in [2.75, 3.05) is 27.4 Å². The normalized spacial score (nSPS) is 25.2. The Kier molecular flexibility index (Phi) is 19.8. The second-order valence-corrected chi connectivity index (χ2v) is 15.9. The van der Waals surface area contributed by atoms with E-state index in [9.17, 15) is 39.0 Å². The summed E-state index contributed by atoms with van der Waals surface area (Å²) in [5, 5.41) is 22.3. The van der Waals surface area contributed by atoms with Gasteiger partial charge in [0.15, 0.2) is 30.7 Å². The lowest BCUT2D eigenvalue weighted by Crippen LogP contribution is -2.68. The van der Waals surface area contributed by atoms with Gasteiger partial charge in [0.1, 0.15) is 49.1 Å². The third-order valence-corrected chi connectivity index (χ3v) is 10.7. The predicted octanol–water partition coefficient (Wildman–Crippen LogP) is 2.79. The average Bonchev–Trinajstić information content (AvgIpc) is 3.32. The van der Waals surface area contributed by atoms with Gasteiger partial charge in [-0.2, -0.15) is 0 Å². The van der Waals surface area contributed by atoms with E-state index < -0.39 is 122 Å². The molecule has 2 N–H and O–H groups in total. The maximum Gasteiger partial charge on any atom is 0.367 e. The quantitative estimate of drug-likeness (QED) is 0.108. The van der Waals surface area contributed by atoms with Crippen molar-refractivity contribution in [2.24, 2.45) is 0 Å². The lowest BCUT2D eigenvalue weighted by atomic mass is 9.91. The Hall–Kier alpha value is -6.20. The van der Waals surface area contributed by atoms with Gasteiger partial charge in [0.2, 0.25) is 0 Å². The van der Waals surface area contributed by atoms with Gasteiger partial charge >= 0.3 is 35.8 Å². The van der Waals surface area contributed by atoms with E-state index in [-0.39, 0.29) is 19.8 Å². The lowest BCUT2D eigenvalue weighted by Gasteiger charge is -2.50. The molecule has 0 amide bonds. The molecule has 2 fully saturated rings. The van der Waals surface area contributed by atoms with Crippen LogP contribution in [0, 0.1) is 0 Å². The van der Waals surface area contributed by atoms with E-state index in [1.165, 1.54) is 14.2 Å². The van der Waals surface area contributed by atoms with Gasteiger partial charge in [-0.3, -0.25) is 24.0 Å². The topological polar surface area (TPSA) is 263 Å². The second-order valence-electron chi connectivity index (χ2n) is 15.9. The van der Waals surface area contributed by atoms with Crippen LogP contribution in [0.15, 0.2) is 78.9 Å². The molecule has 5 rings (SSSR count). The molecule has 3 aromatic rings. The number of ether oxygens (including phenoxy) is 13. The van der Waals surface area contributed by atoms with E-state index in [1.807, 2.05) is 0 Å². The van der Waals surface area contributed by atoms with Gasteiger partial charge < -0.3 is 71.8 Å². The number of hydrogen-bond donors (Lipinski definition) is 2. The summed E-state index contributed by atoms with van der Waals surface area (Å²) in [6.07, 6.45) is -17.8. The minimum Gasteiger partial charge on any atom is -0.497 e. The van der Waals surface area contributed by atoms with Crippen LogP contribution in [0.2, 0.25) is 0 Å². The Morgan fingerprint density at radius 3 is 1.72 bits per heavy atom. The fourth-order valence-corrected chi connectivity index (χ4v) is 7.59. The lowest BCUT2D eigenvalue weighted by molar-refractivity contribution is -0.375. The monoisotopic (exact) mass is 970 g/mol. The summed E-state index contributed by atoms with van der Waals surface area (Å²) in [5.74, 6) is -6.91. The van der Waals surface area contributed by atoms with Crippen molar-refractivity contribution in [1.82, 2.24) is 0 Å². The van der Waals surface area contributed by atoms with Gasteiger partial charge in [0.25, 0.3) is 5.79 Å². The van der Waals surface area contributed by atoms with E-state index in [0.717, 1.165) is 34.6 Å². The molecule has 2 heterocycles. The number of aliphatic hydroxyl groups is 2. The maximum absolute atomic E-state index is 14.6. The highest BCUT2D eigenvalue weighted by molar-refractivity contribution is 5.78. The van der Waals surface area contributed by atoms with Crippen molar-refractivity contribution in [2.45, 2.75) is 128 Å². The second kappa shape index (κ2) is 25.4. The summed E-state index contributed by atoms with van der Waals surface area (Å²) in [4.78, 5) is 77.5. The standard InChI is InChI=1S/C48H58O21/c1-27(50)59-26-39(63-28(2)51)42-43(64-29(3)52)44(65-30(4)53)45(66-31(5)54)46(68-42)67-41-38(60-23-33-13-17-35(57-6)18-14-33)21-48(69-40(41)37(55)22-49,62-25-32-11-9-8-10-12-32)47(56)61-24-34-15-19-36(58-7)20-16-34/h8-20,37-46,49,55H,21-26H2,1-7H3/t37-,38-,39+,40-,41-,42-,43-,44+,45+,46+,48+/m1/s1. The number of esters is 6. The Morgan fingerprint density at radius 1 is 0.638 bits per heavy atom. The molecule has 0 unspecified atom stereocenters. The van der Waals surface area contributed by atoms with E-state index in [1.54, 1.807) is 78.9 Å². The molecular weight excluding hydrogens is 913 g/mol. The van der Waals surface area contributed by atoms with Gasteiger partial charge in [-0.15, -0.1) is 0 Å². The zero-order valence-electron chi connectivity index (χ0n) is 39.2. The average molecular weight is 971 g/mol. The molecule has 21 heteroatoms. The molecule has 0 aromatic heterocycles. The zero-order chi connectivity index (χ0) is 50.3. The van der Waals surface area contributed by atoms with Crippen LogP contribution in [-0.4, -0.2) is 140 Å². The van der Waals surface area contributed by atoms with E-state index in [0.29, 0.717) is 28.2 Å². The summed E-state index contributed by atoms with van der Waals surface area (Å²) in [5.41, 5.74) is 1.77. The number of carbonyl (C=O) groups excluding carboxylic acids is 6. The Morgan fingerprint density at radius 2 is 1.19 bits per heavy atom. The van der Waals surface area contributed by atoms with Crippen LogP contribution >= 0.6 is 0 Å². The highest BCUT2D eigenvalue weighted by atomic mass is 16.8. The molecule has 21 nitrogen and oxygen atoms in total. The van der Waals surface area contributed by atoms with Gasteiger partial charge in [-0.25, -0.2) is 4.79 Å². The molecule has 0 aliphatic carbocycles. The van der Waals surface area contributed by atoms with Gasteiger partial charge in [-0.05, 0) is 41.0 Å². The third-order valence-electron chi connectivity index (χ3n) is 10.7. The fraction of sp³-hybridized carbons (Fsp3) is 0.500. The molecule has 3 aromatic carbocycles. The highest BCUT2D eigenvalue weighted by Crippen LogP contribution is 2.41. The summed E-state index contributed by atoms with van der Waals surface area (Å²) in [7, 11) is 3.00. The van der Waals surface area contributed by atoms with E-state index in [4.69, 9.17) is 61.6 Å². The predicted molar refractivity (Wildman–Crippen MR) is 233 cm³/mol. The molecule has 2 aliphatic heterocycles. The number of hydrogen-bond acceptors (Lipinski definition) is 21. The molecule has 11 atom stereocenters. The van der Waals surface area contributed by atoms with E-state index >= 15 is 0 Å². The van der Waals surface area contributed by atoms with Crippen LogP contribution in [0.3, 0.4) is 0 Å². The molecule has 376 valence electrons. The molecule has 69 heavy (non-hydrogen) atoms. The molecular formula is C48H58O21. The van der Waals surface area contributed by atoms with Crippen molar-refractivity contribution >= 4 is 35.8 Å². The van der Waals surface area contributed by atoms with Crippen LogP contribution in [0.25, 0.3) is 0 Å². The molecule has 0 saturated carbocycles. The first-order valence-electron chi connectivity index (χ1n) is 21.8. The fourth-order valence-electron chi connectivity index (χ4n) is 7.59. The van der Waals surface area contributed by atoms with Crippen LogP contribution < -0.4 is 9.47 Å². The van der Waals surface area contributed by atoms with Gasteiger partial charge in [0, 0.05) is 41.0 Å². The largest absolute Gasteiger partial charge is 0.497 e. The number of rotatable bonds is 22. The minimum absolute atomic E-state index is 0.185. The number of aliphatic hydroxyl groups excluding tert-OH is 2. The van der Waals surface area contributed by atoms with Crippen LogP contribution in [0.5, 0.6) is 11.5 Å². The highest BCUT2D eigenvalue weighted by Gasteiger charge is 2.61. The van der Waals surface area contributed by atoms with Crippen molar-refractivity contribution in [3.05, 3.63) is 95.6 Å². The Balaban J connectivity index is 1.65. The van der Waals surface area contributed by atoms with Gasteiger partial charge in [0.05, 0.1) is 40.1 Å². The molecule has 0 spiro atoms. The van der Waals surface area contributed by atoms with E-state index in [2.05, 4.69) is 0 Å². The van der Waals surface area contributed by atoms with Crippen molar-refractivity contribution in [1.29, 1.82) is 0 Å². The summed E-state index contributed by atoms with van der Waals surface area (Å²) >= 11 is 0. The maximum atomic E-state index is 14.6. The molecule has 0 radical (unpaired) electrons. The van der Waals surface area contributed by atoms with Crippen LogP contribution in [0.4, 0.5) is 0 Å². The summed E-state index contributed by atoms with van der Waals surface area (Å²) < 4.78 is 76.5.